The number of methoxy groups -OCH3 is 1. The van der Waals surface area contributed by atoms with Crippen molar-refractivity contribution in [2.45, 2.75) is 6.42 Å². The number of hydrogen-bond acceptors (Lipinski definition) is 6. The van der Waals surface area contributed by atoms with Crippen LogP contribution in [0.2, 0.25) is 0 Å². The molecule has 27 heavy (non-hydrogen) atoms. The highest BCUT2D eigenvalue weighted by Gasteiger charge is 2.10. The normalized spacial score (nSPS) is 10.6. The largest absolute Gasteiger partial charge is 0.383 e. The third kappa shape index (κ3) is 5.49. The minimum Gasteiger partial charge on any atom is -0.383 e. The molecular formula is C21H25N5O. The number of rotatable bonds is 9. The van der Waals surface area contributed by atoms with E-state index >= 15 is 0 Å². The lowest BCUT2D eigenvalue weighted by molar-refractivity contribution is 0.210. The highest BCUT2D eigenvalue weighted by Crippen LogP contribution is 2.22. The molecule has 0 spiro atoms. The Balaban J connectivity index is 1.80. The van der Waals surface area contributed by atoms with E-state index in [4.69, 9.17) is 9.72 Å². The maximum Gasteiger partial charge on any atom is 0.227 e. The molecule has 0 saturated heterocycles. The number of benzene rings is 1. The predicted octanol–water partition coefficient (Wildman–Crippen LogP) is 3.28. The van der Waals surface area contributed by atoms with Crippen LogP contribution in [0.1, 0.15) is 5.56 Å². The van der Waals surface area contributed by atoms with Crippen LogP contribution < -0.4 is 10.2 Å². The number of nitrogens with zero attached hydrogens (tertiary/aromatic N) is 4. The fourth-order valence-corrected chi connectivity index (χ4v) is 2.68. The summed E-state index contributed by atoms with van der Waals surface area (Å²) in [4.78, 5) is 15.6. The second kappa shape index (κ2) is 9.64. The molecule has 1 aromatic carbocycles. The first kappa shape index (κ1) is 18.8. The van der Waals surface area contributed by atoms with Crippen molar-refractivity contribution in [1.82, 2.24) is 15.0 Å². The van der Waals surface area contributed by atoms with E-state index in [-0.39, 0.29) is 0 Å². The van der Waals surface area contributed by atoms with Crippen LogP contribution in [0.3, 0.4) is 0 Å². The van der Waals surface area contributed by atoms with Crippen LogP contribution in [0, 0.1) is 0 Å². The topological polar surface area (TPSA) is 63.2 Å². The molecule has 3 rings (SSSR count). The zero-order valence-corrected chi connectivity index (χ0v) is 15.8. The van der Waals surface area contributed by atoms with Gasteiger partial charge in [0.2, 0.25) is 5.95 Å². The Labute approximate surface area is 160 Å². The molecule has 0 atom stereocenters. The third-order valence-corrected chi connectivity index (χ3v) is 4.22. The first-order chi connectivity index (χ1) is 13.3. The minimum atomic E-state index is 0.623. The van der Waals surface area contributed by atoms with Crippen molar-refractivity contribution < 1.29 is 4.74 Å². The first-order valence-electron chi connectivity index (χ1n) is 9.03. The quantitative estimate of drug-likeness (QED) is 0.589. The van der Waals surface area contributed by atoms with Gasteiger partial charge in [-0.1, -0.05) is 30.3 Å². The van der Waals surface area contributed by atoms with Crippen LogP contribution in [0.4, 0.5) is 11.8 Å². The molecular weight excluding hydrogens is 338 g/mol. The molecule has 2 heterocycles. The van der Waals surface area contributed by atoms with E-state index in [0.717, 1.165) is 30.0 Å². The molecule has 1 N–H and O–H groups in total. The number of nitrogens with one attached hydrogen (secondary N) is 1. The molecule has 0 radical (unpaired) electrons. The van der Waals surface area contributed by atoms with E-state index in [0.29, 0.717) is 19.1 Å². The predicted molar refractivity (Wildman–Crippen MR) is 109 cm³/mol. The Morgan fingerprint density at radius 1 is 1.04 bits per heavy atom. The average Bonchev–Trinajstić information content (AvgIpc) is 2.73. The van der Waals surface area contributed by atoms with Crippen LogP contribution in [0.15, 0.2) is 60.9 Å². The lowest BCUT2D eigenvalue weighted by Gasteiger charge is -2.19. The minimum absolute atomic E-state index is 0.623. The molecule has 0 aliphatic rings. The van der Waals surface area contributed by atoms with Gasteiger partial charge in [0.25, 0.3) is 0 Å². The highest BCUT2D eigenvalue weighted by atomic mass is 16.5. The molecule has 0 amide bonds. The Hall–Kier alpha value is -2.99. The number of likely N-dealkylation sites (N-methyl/N-ethyl adjacent to an activating group) is 1. The van der Waals surface area contributed by atoms with Crippen molar-refractivity contribution in [2.75, 3.05) is 44.1 Å². The smallest absolute Gasteiger partial charge is 0.227 e. The average molecular weight is 363 g/mol. The van der Waals surface area contributed by atoms with Crippen molar-refractivity contribution in [2.24, 2.45) is 0 Å². The van der Waals surface area contributed by atoms with Crippen molar-refractivity contribution in [3.8, 4) is 11.3 Å². The zero-order chi connectivity index (χ0) is 18.9. The fourth-order valence-electron chi connectivity index (χ4n) is 2.68. The Morgan fingerprint density at radius 3 is 2.56 bits per heavy atom. The molecule has 2 aromatic heterocycles. The van der Waals surface area contributed by atoms with Gasteiger partial charge < -0.3 is 15.0 Å². The van der Waals surface area contributed by atoms with Gasteiger partial charge in [-0.05, 0) is 24.1 Å². The van der Waals surface area contributed by atoms with Crippen LogP contribution in [0.5, 0.6) is 0 Å². The second-order valence-electron chi connectivity index (χ2n) is 6.25. The highest BCUT2D eigenvalue weighted by molar-refractivity contribution is 5.64. The van der Waals surface area contributed by atoms with Crippen molar-refractivity contribution in [3.05, 3.63) is 66.5 Å². The van der Waals surface area contributed by atoms with Crippen molar-refractivity contribution in [1.29, 1.82) is 0 Å². The van der Waals surface area contributed by atoms with Crippen molar-refractivity contribution >= 4 is 11.8 Å². The summed E-state index contributed by atoms with van der Waals surface area (Å²) in [5.41, 5.74) is 3.21. The van der Waals surface area contributed by atoms with E-state index in [2.05, 4.69) is 32.3 Å². The molecule has 0 aliphatic carbocycles. The van der Waals surface area contributed by atoms with E-state index in [1.54, 1.807) is 7.11 Å². The summed E-state index contributed by atoms with van der Waals surface area (Å²) >= 11 is 0. The van der Waals surface area contributed by atoms with Crippen LogP contribution >= 0.6 is 0 Å². The molecule has 0 unspecified atom stereocenters. The summed E-state index contributed by atoms with van der Waals surface area (Å²) in [6.45, 7) is 2.14. The summed E-state index contributed by atoms with van der Waals surface area (Å²) in [5, 5.41) is 3.31. The SMILES string of the molecule is COCCNc1cc(-c2ccccc2)nc(N(C)CCc2ccncc2)n1. The summed E-state index contributed by atoms with van der Waals surface area (Å²) in [6.07, 6.45) is 4.55. The zero-order valence-electron chi connectivity index (χ0n) is 15.8. The molecule has 0 saturated carbocycles. The van der Waals surface area contributed by atoms with Gasteiger partial charge in [0.15, 0.2) is 0 Å². The van der Waals surface area contributed by atoms with Gasteiger partial charge in [-0.3, -0.25) is 4.98 Å². The number of anilines is 2. The summed E-state index contributed by atoms with van der Waals surface area (Å²) < 4.78 is 5.12. The monoisotopic (exact) mass is 363 g/mol. The lowest BCUT2D eigenvalue weighted by Crippen LogP contribution is -2.23. The van der Waals surface area contributed by atoms with Gasteiger partial charge in [0.1, 0.15) is 5.82 Å². The Bertz CT molecular complexity index is 826. The molecule has 0 aliphatic heterocycles. The van der Waals surface area contributed by atoms with Crippen LogP contribution in [-0.4, -0.2) is 48.8 Å². The number of aromatic nitrogens is 3. The van der Waals surface area contributed by atoms with E-state index < -0.39 is 0 Å². The first-order valence-corrected chi connectivity index (χ1v) is 9.03. The molecule has 140 valence electrons. The summed E-state index contributed by atoms with van der Waals surface area (Å²) in [5.74, 6) is 1.50. The van der Waals surface area contributed by atoms with Gasteiger partial charge in [0, 0.05) is 51.3 Å². The Kier molecular flexibility index (Phi) is 6.71. The van der Waals surface area contributed by atoms with Gasteiger partial charge in [-0.15, -0.1) is 0 Å². The maximum atomic E-state index is 5.12. The number of pyridine rings is 1. The third-order valence-electron chi connectivity index (χ3n) is 4.22. The second-order valence-corrected chi connectivity index (χ2v) is 6.25. The number of hydrogen-bond donors (Lipinski definition) is 1. The molecule has 6 nitrogen and oxygen atoms in total. The van der Waals surface area contributed by atoms with E-state index in [1.165, 1.54) is 5.56 Å². The summed E-state index contributed by atoms with van der Waals surface area (Å²) in [7, 11) is 3.71. The maximum absolute atomic E-state index is 5.12. The molecule has 3 aromatic rings. The molecule has 0 fully saturated rings. The van der Waals surface area contributed by atoms with Gasteiger partial charge in [-0.25, -0.2) is 4.98 Å². The lowest BCUT2D eigenvalue weighted by atomic mass is 10.1. The fraction of sp³-hybridized carbons (Fsp3) is 0.286. The van der Waals surface area contributed by atoms with E-state index in [9.17, 15) is 0 Å². The van der Waals surface area contributed by atoms with Gasteiger partial charge >= 0.3 is 0 Å². The van der Waals surface area contributed by atoms with Crippen LogP contribution in [-0.2, 0) is 11.2 Å². The van der Waals surface area contributed by atoms with Crippen LogP contribution in [0.25, 0.3) is 11.3 Å². The summed E-state index contributed by atoms with van der Waals surface area (Å²) in [6, 6.07) is 16.2. The molecule has 0 bridgehead atoms. The molecule has 6 heteroatoms. The van der Waals surface area contributed by atoms with Crippen molar-refractivity contribution in [3.63, 3.8) is 0 Å². The number of ether oxygens (including phenoxy) is 1. The standard InChI is InChI=1S/C21H25N5O/c1-26(14-10-17-8-11-22-12-9-17)21-24-19(18-6-4-3-5-7-18)16-20(25-21)23-13-15-27-2/h3-9,11-12,16H,10,13-15H2,1-2H3,(H,23,24,25). The van der Waals surface area contributed by atoms with Gasteiger partial charge in [0.05, 0.1) is 12.3 Å². The Morgan fingerprint density at radius 2 is 1.81 bits per heavy atom. The van der Waals surface area contributed by atoms with E-state index in [1.807, 2.05) is 55.8 Å². The van der Waals surface area contributed by atoms with Gasteiger partial charge in [-0.2, -0.15) is 4.98 Å².